The molecule has 2 N–H and O–H groups in total. The van der Waals surface area contributed by atoms with Crippen LogP contribution in [0.2, 0.25) is 0 Å². The smallest absolute Gasteiger partial charge is 0.0543 e. The molecule has 4 aliphatic rings. The largest absolute Gasteiger partial charge is 0.398 e. The Morgan fingerprint density at radius 2 is 1.51 bits per heavy atom. The van der Waals surface area contributed by atoms with Crippen molar-refractivity contribution >= 4 is 69.6 Å². The number of benzene rings is 7. The number of nitrogens with two attached hydrogens (primary N) is 1. The molecule has 2 atom stereocenters. The third-order valence-corrected chi connectivity index (χ3v) is 16.7. The first-order valence-electron chi connectivity index (χ1n) is 23.1. The maximum Gasteiger partial charge on any atom is 0.0543 e. The third-order valence-electron chi connectivity index (χ3n) is 14.0. The molecule has 2 nitrogen and oxygen atoms in total. The van der Waals surface area contributed by atoms with Gasteiger partial charge >= 0.3 is 0 Å². The minimum atomic E-state index is -0.714. The average molecular weight is 857 g/mol. The summed E-state index contributed by atoms with van der Waals surface area (Å²) in [5.41, 5.74) is 26.7. The monoisotopic (exact) mass is 856 g/mol. The van der Waals surface area contributed by atoms with Crippen molar-refractivity contribution in [3.05, 3.63) is 233 Å². The second-order valence-corrected chi connectivity index (χ2v) is 19.8. The number of hydrogen-bond acceptors (Lipinski definition) is 2. The van der Waals surface area contributed by atoms with Gasteiger partial charge in [-0.3, -0.25) is 0 Å². The summed E-state index contributed by atoms with van der Waals surface area (Å²) in [6.07, 6.45) is 25.2. The highest BCUT2D eigenvalue weighted by molar-refractivity contribution is 7.70. The Bertz CT molecular complexity index is 3320. The highest BCUT2D eigenvalue weighted by atomic mass is 31.1. The molecule has 0 aromatic heterocycles. The zero-order valence-corrected chi connectivity index (χ0v) is 38.2. The molecule has 11 rings (SSSR count). The van der Waals surface area contributed by atoms with Crippen LogP contribution in [0, 0.1) is 0 Å². The van der Waals surface area contributed by atoms with Crippen LogP contribution >= 0.6 is 7.92 Å². The molecule has 0 spiro atoms. The second kappa shape index (κ2) is 16.9. The molecule has 0 saturated carbocycles. The Balaban J connectivity index is 1.16. The Labute approximate surface area is 385 Å². The van der Waals surface area contributed by atoms with Crippen molar-refractivity contribution in [2.45, 2.75) is 45.4 Å². The van der Waals surface area contributed by atoms with Crippen LogP contribution in [-0.4, -0.2) is 6.16 Å². The lowest BCUT2D eigenvalue weighted by atomic mass is 9.87. The molecule has 316 valence electrons. The summed E-state index contributed by atoms with van der Waals surface area (Å²) in [5.74, 6) is 0.219. The summed E-state index contributed by atoms with van der Waals surface area (Å²) in [7, 11) is -0.714. The number of anilines is 2. The topological polar surface area (TPSA) is 29.3 Å². The summed E-state index contributed by atoms with van der Waals surface area (Å²) in [5, 5.41) is 7.68. The van der Waals surface area contributed by atoms with Crippen LogP contribution in [-0.2, 0) is 6.42 Å². The molecular formula is C62H53N2P. The van der Waals surface area contributed by atoms with Crippen LogP contribution in [0.5, 0.6) is 0 Å². The lowest BCUT2D eigenvalue weighted by molar-refractivity contribution is 0.806. The van der Waals surface area contributed by atoms with E-state index in [1.54, 1.807) is 0 Å². The first kappa shape index (κ1) is 40.8. The fraction of sp³-hybridized carbons (Fsp3) is 0.129. The number of hydrogen-bond donors (Lipinski definition) is 1. The Morgan fingerprint density at radius 1 is 0.723 bits per heavy atom. The third kappa shape index (κ3) is 6.82. The fourth-order valence-electron chi connectivity index (χ4n) is 11.1. The first-order valence-corrected chi connectivity index (χ1v) is 24.7. The molecule has 1 heterocycles. The van der Waals surface area contributed by atoms with Gasteiger partial charge in [-0.05, 0) is 152 Å². The zero-order valence-electron chi connectivity index (χ0n) is 37.3. The van der Waals surface area contributed by atoms with Crippen LogP contribution in [0.1, 0.15) is 72.4 Å². The standard InChI is InChI=1S/C62H53N2P/c1-5-20-48-45(6-2)49-28-16-17-30-51(49)56-37-54(60(38-57(48)56)64-43-24-18-21-40(4)47-27-14-15-29-50(47)52-31-19-32-59(64)58(52)36-43)42-33-34-53-55(35-42)46(7-3)62(61(53)63)65(44-25-12-9-13-26-44)39-41-22-10-8-11-23-41/h5-6,9-10,12-35,37-38,46H,2,4,7-8,11,36,39,63H2,1,3H3/b20-5-,21-18?,43-24?. The van der Waals surface area contributed by atoms with Gasteiger partial charge < -0.3 is 10.6 Å². The van der Waals surface area contributed by atoms with Gasteiger partial charge in [-0.25, -0.2) is 0 Å². The minimum absolute atomic E-state index is 0.219. The Hall–Kier alpha value is -6.99. The van der Waals surface area contributed by atoms with Gasteiger partial charge in [0.05, 0.1) is 11.4 Å². The van der Waals surface area contributed by atoms with E-state index in [-0.39, 0.29) is 5.92 Å². The van der Waals surface area contributed by atoms with Crippen LogP contribution < -0.4 is 15.9 Å². The van der Waals surface area contributed by atoms with E-state index in [4.69, 9.17) is 5.73 Å². The Morgan fingerprint density at radius 3 is 2.29 bits per heavy atom. The molecular weight excluding hydrogens is 804 g/mol. The maximum absolute atomic E-state index is 7.44. The van der Waals surface area contributed by atoms with Crippen molar-refractivity contribution in [3.63, 3.8) is 0 Å². The van der Waals surface area contributed by atoms with E-state index < -0.39 is 7.92 Å². The summed E-state index contributed by atoms with van der Waals surface area (Å²) >= 11 is 0. The fourth-order valence-corrected chi connectivity index (χ4v) is 13.9. The van der Waals surface area contributed by atoms with Gasteiger partial charge in [-0.2, -0.15) is 0 Å². The molecule has 65 heavy (non-hydrogen) atoms. The Kier molecular flexibility index (Phi) is 10.6. The van der Waals surface area contributed by atoms with Gasteiger partial charge in [0.15, 0.2) is 0 Å². The molecule has 1 aliphatic heterocycles. The van der Waals surface area contributed by atoms with Crippen molar-refractivity contribution < 1.29 is 0 Å². The number of nitrogens with zero attached hydrogens (tertiary/aromatic N) is 1. The van der Waals surface area contributed by atoms with Gasteiger partial charge in [-0.15, -0.1) is 0 Å². The van der Waals surface area contributed by atoms with Gasteiger partial charge in [0.1, 0.15) is 0 Å². The molecule has 0 fully saturated rings. The molecule has 7 aromatic carbocycles. The van der Waals surface area contributed by atoms with Gasteiger partial charge in [0, 0.05) is 41.0 Å². The van der Waals surface area contributed by atoms with Crippen LogP contribution in [0.15, 0.2) is 200 Å². The normalized spacial score (nSPS) is 16.9. The number of fused-ring (bicyclic) bond motifs is 7. The van der Waals surface area contributed by atoms with Crippen LogP contribution in [0.4, 0.5) is 11.4 Å². The van der Waals surface area contributed by atoms with Crippen molar-refractivity contribution in [3.8, 4) is 22.3 Å². The van der Waals surface area contributed by atoms with Crippen molar-refractivity contribution in [2.24, 2.45) is 5.73 Å². The van der Waals surface area contributed by atoms with E-state index in [0.29, 0.717) is 0 Å². The number of allylic oxidation sites excluding steroid dienone is 11. The van der Waals surface area contributed by atoms with Gasteiger partial charge in [0.2, 0.25) is 0 Å². The van der Waals surface area contributed by atoms with E-state index in [1.165, 1.54) is 93.6 Å². The summed E-state index contributed by atoms with van der Waals surface area (Å²) in [4.78, 5) is 2.54. The molecule has 0 radical (unpaired) electrons. The summed E-state index contributed by atoms with van der Waals surface area (Å²) < 4.78 is 0. The molecule has 0 saturated heterocycles. The van der Waals surface area contributed by atoms with Gasteiger partial charge in [-0.1, -0.05) is 172 Å². The number of rotatable bonds is 9. The highest BCUT2D eigenvalue weighted by Crippen LogP contribution is 2.60. The lowest BCUT2D eigenvalue weighted by Crippen LogP contribution is -2.13. The minimum Gasteiger partial charge on any atom is -0.398 e. The van der Waals surface area contributed by atoms with Crippen molar-refractivity contribution in [2.75, 3.05) is 11.1 Å². The molecule has 3 aliphatic carbocycles. The van der Waals surface area contributed by atoms with E-state index >= 15 is 0 Å². The molecule has 3 heteroatoms. The van der Waals surface area contributed by atoms with Crippen molar-refractivity contribution in [1.82, 2.24) is 0 Å². The molecule has 2 bridgehead atoms. The van der Waals surface area contributed by atoms with E-state index in [9.17, 15) is 0 Å². The van der Waals surface area contributed by atoms with Crippen LogP contribution in [0.25, 0.3) is 67.2 Å². The summed E-state index contributed by atoms with van der Waals surface area (Å²) in [6, 6.07) is 47.6. The van der Waals surface area contributed by atoms with Crippen molar-refractivity contribution in [1.29, 1.82) is 0 Å². The lowest BCUT2D eigenvalue weighted by Gasteiger charge is -2.28. The van der Waals surface area contributed by atoms with Crippen LogP contribution in [0.3, 0.4) is 0 Å². The average Bonchev–Trinajstić information content (AvgIpc) is 3.86. The molecule has 7 aromatic rings. The first-order chi connectivity index (χ1) is 32.0. The highest BCUT2D eigenvalue weighted by Gasteiger charge is 2.36. The molecule has 0 amide bonds. The molecule has 2 unspecified atom stereocenters. The maximum atomic E-state index is 7.44. The second-order valence-electron chi connectivity index (χ2n) is 17.6. The predicted molar refractivity (Wildman–Crippen MR) is 284 cm³/mol. The van der Waals surface area contributed by atoms with E-state index in [1.807, 2.05) is 6.08 Å². The SMILES string of the molecule is C=Cc1c(/C=C\C)c2cc(N3C4=CC=CC(=C)c5ccccc5-c5cccc3c5C4)c(-c3ccc4c(c3)C(CC)C(P(CC3=CCCC=C3)c3ccccc3)=C4N)cc2c2ccccc12. The summed E-state index contributed by atoms with van der Waals surface area (Å²) in [6.45, 7) is 13.3. The van der Waals surface area contributed by atoms with E-state index in [2.05, 4.69) is 208 Å². The predicted octanol–water partition coefficient (Wildman–Crippen LogP) is 16.4. The van der Waals surface area contributed by atoms with Gasteiger partial charge in [0.25, 0.3) is 0 Å². The van der Waals surface area contributed by atoms with E-state index in [0.717, 1.165) is 59.9 Å². The quantitative estimate of drug-likeness (QED) is 0.116. The zero-order chi connectivity index (χ0) is 44.2.